The molecule has 21 heavy (non-hydrogen) atoms. The Bertz CT molecular complexity index is 720. The summed E-state index contributed by atoms with van der Waals surface area (Å²) in [4.78, 5) is 18.1. The van der Waals surface area contributed by atoms with E-state index >= 15 is 0 Å². The van der Waals surface area contributed by atoms with Crippen molar-refractivity contribution in [2.45, 2.75) is 13.5 Å². The molecule has 106 valence electrons. The highest BCUT2D eigenvalue weighted by molar-refractivity contribution is 7.14. The van der Waals surface area contributed by atoms with Crippen molar-refractivity contribution in [1.82, 2.24) is 4.98 Å². The van der Waals surface area contributed by atoms with Crippen molar-refractivity contribution < 1.29 is 9.21 Å². The molecule has 2 heterocycles. The van der Waals surface area contributed by atoms with E-state index in [-0.39, 0.29) is 5.91 Å². The van der Waals surface area contributed by atoms with E-state index in [4.69, 9.17) is 4.42 Å². The number of carbonyl (C=O) groups excluding carboxylic acids is 1. The summed E-state index contributed by atoms with van der Waals surface area (Å²) in [5.74, 6) is 0.682. The number of benzene rings is 1. The van der Waals surface area contributed by atoms with E-state index in [0.717, 1.165) is 17.0 Å². The van der Waals surface area contributed by atoms with Crippen LogP contribution in [0.2, 0.25) is 0 Å². The number of nitrogens with zero attached hydrogens (tertiary/aromatic N) is 2. The molecule has 0 aliphatic carbocycles. The molecule has 0 radical (unpaired) electrons. The van der Waals surface area contributed by atoms with Crippen molar-refractivity contribution in [2.24, 2.45) is 0 Å². The molecule has 0 spiro atoms. The van der Waals surface area contributed by atoms with Crippen LogP contribution in [0.1, 0.15) is 12.7 Å². The number of furan rings is 1. The summed E-state index contributed by atoms with van der Waals surface area (Å²) in [5, 5.41) is 2.64. The molecule has 2 aromatic heterocycles. The average molecular weight is 298 g/mol. The van der Waals surface area contributed by atoms with Crippen LogP contribution in [-0.4, -0.2) is 10.9 Å². The molecule has 0 unspecified atom stereocenters. The van der Waals surface area contributed by atoms with Crippen LogP contribution in [0.4, 0.5) is 5.13 Å². The number of amides is 1. The molecule has 1 aromatic carbocycles. The predicted octanol–water partition coefficient (Wildman–Crippen LogP) is 3.96. The van der Waals surface area contributed by atoms with Gasteiger partial charge in [0.05, 0.1) is 18.5 Å². The molecule has 5 heteroatoms. The number of hydrogen-bond acceptors (Lipinski definition) is 4. The molecule has 3 aromatic rings. The third-order valence-electron chi connectivity index (χ3n) is 3.07. The van der Waals surface area contributed by atoms with E-state index < -0.39 is 0 Å². The number of hydrogen-bond donors (Lipinski definition) is 0. The quantitative estimate of drug-likeness (QED) is 0.732. The summed E-state index contributed by atoms with van der Waals surface area (Å²) >= 11 is 1.45. The molecule has 0 aliphatic rings. The molecule has 1 amide bonds. The molecule has 0 bridgehead atoms. The van der Waals surface area contributed by atoms with Crippen LogP contribution in [0.25, 0.3) is 11.3 Å². The molecule has 3 rings (SSSR count). The van der Waals surface area contributed by atoms with Gasteiger partial charge < -0.3 is 4.42 Å². The molecule has 4 nitrogen and oxygen atoms in total. The van der Waals surface area contributed by atoms with Crippen molar-refractivity contribution in [3.8, 4) is 11.3 Å². The third-order valence-corrected chi connectivity index (χ3v) is 3.93. The maximum absolute atomic E-state index is 11.9. The minimum absolute atomic E-state index is 0.0552. The summed E-state index contributed by atoms with van der Waals surface area (Å²) in [6, 6.07) is 13.6. The van der Waals surface area contributed by atoms with Crippen LogP contribution in [0.3, 0.4) is 0 Å². The fourth-order valence-corrected chi connectivity index (χ4v) is 2.88. The number of thiazole rings is 1. The molecule has 0 atom stereocenters. The van der Waals surface area contributed by atoms with Gasteiger partial charge in [-0.2, -0.15) is 0 Å². The Labute approximate surface area is 126 Å². The van der Waals surface area contributed by atoms with Crippen molar-refractivity contribution in [3.63, 3.8) is 0 Å². The summed E-state index contributed by atoms with van der Waals surface area (Å²) in [6.07, 6.45) is 1.60. The Morgan fingerprint density at radius 3 is 2.71 bits per heavy atom. The fraction of sp³-hybridized carbons (Fsp3) is 0.125. The number of rotatable bonds is 4. The van der Waals surface area contributed by atoms with Crippen LogP contribution >= 0.6 is 11.3 Å². The van der Waals surface area contributed by atoms with Gasteiger partial charge in [0.25, 0.3) is 0 Å². The van der Waals surface area contributed by atoms with Gasteiger partial charge in [0.1, 0.15) is 5.76 Å². The van der Waals surface area contributed by atoms with E-state index in [0.29, 0.717) is 11.7 Å². The first-order valence-electron chi connectivity index (χ1n) is 6.55. The Kier molecular flexibility index (Phi) is 3.83. The average Bonchev–Trinajstić information content (AvgIpc) is 3.17. The van der Waals surface area contributed by atoms with Gasteiger partial charge in [-0.1, -0.05) is 30.3 Å². The molecule has 0 N–H and O–H groups in total. The maximum atomic E-state index is 11.9. The first-order chi connectivity index (χ1) is 10.2. The molecular weight excluding hydrogens is 284 g/mol. The molecule has 0 fully saturated rings. The zero-order chi connectivity index (χ0) is 14.7. The smallest absolute Gasteiger partial charge is 0.226 e. The van der Waals surface area contributed by atoms with Gasteiger partial charge in [-0.3, -0.25) is 9.69 Å². The van der Waals surface area contributed by atoms with Crippen molar-refractivity contribution in [2.75, 3.05) is 4.90 Å². The number of aromatic nitrogens is 1. The van der Waals surface area contributed by atoms with Gasteiger partial charge in [0, 0.05) is 17.9 Å². The normalized spacial score (nSPS) is 10.5. The number of carbonyl (C=O) groups is 1. The van der Waals surface area contributed by atoms with E-state index in [1.54, 1.807) is 11.2 Å². The van der Waals surface area contributed by atoms with Gasteiger partial charge in [-0.15, -0.1) is 11.3 Å². The Hall–Kier alpha value is -2.40. The van der Waals surface area contributed by atoms with Crippen molar-refractivity contribution in [3.05, 3.63) is 59.9 Å². The number of anilines is 1. The highest BCUT2D eigenvalue weighted by atomic mass is 32.1. The topological polar surface area (TPSA) is 46.3 Å². The minimum Gasteiger partial charge on any atom is -0.467 e. The highest BCUT2D eigenvalue weighted by Gasteiger charge is 2.17. The van der Waals surface area contributed by atoms with E-state index in [1.807, 2.05) is 47.8 Å². The van der Waals surface area contributed by atoms with E-state index in [9.17, 15) is 4.79 Å². The highest BCUT2D eigenvalue weighted by Crippen LogP contribution is 2.28. The summed E-state index contributed by atoms with van der Waals surface area (Å²) in [5.41, 5.74) is 1.92. The van der Waals surface area contributed by atoms with E-state index in [2.05, 4.69) is 4.98 Å². The largest absolute Gasteiger partial charge is 0.467 e. The lowest BCUT2D eigenvalue weighted by Crippen LogP contribution is -2.27. The first-order valence-corrected chi connectivity index (χ1v) is 7.43. The van der Waals surface area contributed by atoms with Gasteiger partial charge in [0.15, 0.2) is 5.13 Å². The summed E-state index contributed by atoms with van der Waals surface area (Å²) in [7, 11) is 0. The molecular formula is C16H14N2O2S. The zero-order valence-corrected chi connectivity index (χ0v) is 12.3. The second-order valence-corrected chi connectivity index (χ2v) is 5.40. The van der Waals surface area contributed by atoms with Crippen LogP contribution < -0.4 is 4.90 Å². The van der Waals surface area contributed by atoms with E-state index in [1.165, 1.54) is 18.3 Å². The second-order valence-electron chi connectivity index (χ2n) is 4.57. The van der Waals surface area contributed by atoms with Gasteiger partial charge in [0.2, 0.25) is 5.91 Å². The lowest BCUT2D eigenvalue weighted by Gasteiger charge is -2.16. The predicted molar refractivity (Wildman–Crippen MR) is 83.1 cm³/mol. The van der Waals surface area contributed by atoms with Crippen LogP contribution in [0.5, 0.6) is 0 Å². The van der Waals surface area contributed by atoms with Gasteiger partial charge in [-0.05, 0) is 12.1 Å². The van der Waals surface area contributed by atoms with Crippen molar-refractivity contribution >= 4 is 22.4 Å². The third kappa shape index (κ3) is 3.03. The summed E-state index contributed by atoms with van der Waals surface area (Å²) in [6.45, 7) is 1.93. The van der Waals surface area contributed by atoms with Crippen LogP contribution in [0.15, 0.2) is 58.5 Å². The van der Waals surface area contributed by atoms with Crippen LogP contribution in [-0.2, 0) is 11.3 Å². The standard InChI is InChI=1S/C16H14N2O2S/c1-12(19)18(10-14-8-5-9-20-14)16-17-15(11-21-16)13-6-3-2-4-7-13/h2-9,11H,10H2,1H3. The molecule has 0 saturated heterocycles. The Morgan fingerprint density at radius 2 is 2.05 bits per heavy atom. The molecule has 0 aliphatic heterocycles. The molecule has 0 saturated carbocycles. The summed E-state index contributed by atoms with van der Waals surface area (Å²) < 4.78 is 5.31. The maximum Gasteiger partial charge on any atom is 0.226 e. The van der Waals surface area contributed by atoms with Crippen LogP contribution in [0, 0.1) is 0 Å². The zero-order valence-electron chi connectivity index (χ0n) is 11.5. The lowest BCUT2D eigenvalue weighted by atomic mass is 10.2. The monoisotopic (exact) mass is 298 g/mol. The Balaban J connectivity index is 1.87. The van der Waals surface area contributed by atoms with Gasteiger partial charge >= 0.3 is 0 Å². The lowest BCUT2D eigenvalue weighted by molar-refractivity contribution is -0.116. The Morgan fingerprint density at radius 1 is 1.24 bits per heavy atom. The first kappa shape index (κ1) is 13.6. The minimum atomic E-state index is -0.0552. The second kappa shape index (κ2) is 5.93. The van der Waals surface area contributed by atoms with Gasteiger partial charge in [-0.25, -0.2) is 4.98 Å². The fourth-order valence-electron chi connectivity index (χ4n) is 2.00. The SMILES string of the molecule is CC(=O)N(Cc1ccco1)c1nc(-c2ccccc2)cs1. The van der Waals surface area contributed by atoms with Crippen molar-refractivity contribution in [1.29, 1.82) is 0 Å².